The van der Waals surface area contributed by atoms with E-state index in [9.17, 15) is 9.50 Å². The van der Waals surface area contributed by atoms with E-state index in [4.69, 9.17) is 5.26 Å². The first-order chi connectivity index (χ1) is 11.0. The molecule has 0 aliphatic carbocycles. The van der Waals surface area contributed by atoms with Crippen LogP contribution in [0, 0.1) is 17.1 Å². The van der Waals surface area contributed by atoms with Gasteiger partial charge in [-0.2, -0.15) is 5.26 Å². The maximum absolute atomic E-state index is 14.2. The molecule has 1 saturated heterocycles. The summed E-state index contributed by atoms with van der Waals surface area (Å²) in [5.41, 5.74) is -0.267. The third-order valence-corrected chi connectivity index (χ3v) is 4.27. The van der Waals surface area contributed by atoms with Crippen molar-refractivity contribution in [3.63, 3.8) is 0 Å². The van der Waals surface area contributed by atoms with E-state index in [1.165, 1.54) is 6.07 Å². The topological polar surface area (TPSA) is 78.0 Å². The number of β-amino-alcohol motifs (C(OH)–C–C–N with tert-alkyl or cyclic N) is 1. The van der Waals surface area contributed by atoms with Crippen molar-refractivity contribution in [2.24, 2.45) is 7.05 Å². The normalized spacial score (nSPS) is 21.2. The predicted octanol–water partition coefficient (Wildman–Crippen LogP) is 1.40. The standard InChI is InChI=1S/C16H18FN5O/c1-21-11-19-20-15(21)8-16(23)5-2-6-22(10-16)14-4-3-12(9-18)7-13(14)17/h3-4,7,11,23H,2,5-6,8,10H2,1H3. The Morgan fingerprint density at radius 2 is 2.30 bits per heavy atom. The number of piperidine rings is 1. The Morgan fingerprint density at radius 3 is 2.96 bits per heavy atom. The molecule has 1 unspecified atom stereocenters. The van der Waals surface area contributed by atoms with Crippen molar-refractivity contribution in [2.45, 2.75) is 24.9 Å². The Hall–Kier alpha value is -2.46. The van der Waals surface area contributed by atoms with Gasteiger partial charge in [0.2, 0.25) is 0 Å². The number of aromatic nitrogens is 3. The first-order valence-electron chi connectivity index (χ1n) is 7.51. The quantitative estimate of drug-likeness (QED) is 0.926. The molecule has 120 valence electrons. The van der Waals surface area contributed by atoms with Gasteiger partial charge < -0.3 is 14.6 Å². The molecule has 2 heterocycles. The molecule has 0 radical (unpaired) electrons. The minimum Gasteiger partial charge on any atom is -0.388 e. The van der Waals surface area contributed by atoms with Gasteiger partial charge in [-0.25, -0.2) is 4.39 Å². The number of hydrogen-bond acceptors (Lipinski definition) is 5. The Kier molecular flexibility index (Phi) is 4.01. The van der Waals surface area contributed by atoms with Crippen molar-refractivity contribution >= 4 is 5.69 Å². The van der Waals surface area contributed by atoms with Crippen LogP contribution in [0.2, 0.25) is 0 Å². The van der Waals surface area contributed by atoms with Crippen LogP contribution in [0.4, 0.5) is 10.1 Å². The number of aliphatic hydroxyl groups is 1. The van der Waals surface area contributed by atoms with Crippen molar-refractivity contribution in [3.05, 3.63) is 41.7 Å². The van der Waals surface area contributed by atoms with Crippen LogP contribution in [-0.4, -0.2) is 38.6 Å². The lowest BCUT2D eigenvalue weighted by Crippen LogP contribution is -2.50. The molecule has 2 aromatic rings. The molecule has 1 atom stereocenters. The molecule has 1 fully saturated rings. The van der Waals surface area contributed by atoms with Crippen LogP contribution in [-0.2, 0) is 13.5 Å². The average Bonchev–Trinajstić information content (AvgIpc) is 2.91. The second kappa shape index (κ2) is 5.97. The number of hydrogen-bond donors (Lipinski definition) is 1. The van der Waals surface area contributed by atoms with E-state index in [2.05, 4.69) is 10.2 Å². The molecule has 0 amide bonds. The summed E-state index contributed by atoms with van der Waals surface area (Å²) in [6.45, 7) is 0.993. The van der Waals surface area contributed by atoms with Gasteiger partial charge >= 0.3 is 0 Å². The molecular formula is C16H18FN5O. The number of nitrogens with zero attached hydrogens (tertiary/aromatic N) is 5. The highest BCUT2D eigenvalue weighted by Gasteiger charge is 2.35. The zero-order valence-electron chi connectivity index (χ0n) is 12.9. The Bertz CT molecular complexity index is 753. The second-order valence-corrected chi connectivity index (χ2v) is 6.06. The number of aryl methyl sites for hydroxylation is 1. The SMILES string of the molecule is Cn1cnnc1CC1(O)CCCN(c2ccc(C#N)cc2F)C1. The van der Waals surface area contributed by atoms with Gasteiger partial charge in [0.15, 0.2) is 0 Å². The van der Waals surface area contributed by atoms with Crippen LogP contribution in [0.5, 0.6) is 0 Å². The van der Waals surface area contributed by atoms with Gasteiger partial charge in [0.1, 0.15) is 18.0 Å². The van der Waals surface area contributed by atoms with Gasteiger partial charge in [-0.1, -0.05) is 0 Å². The van der Waals surface area contributed by atoms with Gasteiger partial charge in [0.05, 0.1) is 22.9 Å². The molecular weight excluding hydrogens is 297 g/mol. The fourth-order valence-electron chi connectivity index (χ4n) is 3.06. The molecule has 6 nitrogen and oxygen atoms in total. The van der Waals surface area contributed by atoms with E-state index in [1.54, 1.807) is 23.0 Å². The summed E-state index contributed by atoms with van der Waals surface area (Å²) in [7, 11) is 1.83. The highest BCUT2D eigenvalue weighted by molar-refractivity contribution is 5.52. The van der Waals surface area contributed by atoms with Gasteiger partial charge in [0.25, 0.3) is 0 Å². The van der Waals surface area contributed by atoms with Gasteiger partial charge in [-0.05, 0) is 31.0 Å². The molecule has 7 heteroatoms. The summed E-state index contributed by atoms with van der Waals surface area (Å²) in [5, 5.41) is 27.6. The summed E-state index contributed by atoms with van der Waals surface area (Å²) in [6, 6.07) is 6.34. The highest BCUT2D eigenvalue weighted by Crippen LogP contribution is 2.30. The minimum atomic E-state index is -0.973. The molecule has 1 aliphatic heterocycles. The lowest BCUT2D eigenvalue weighted by Gasteiger charge is -2.40. The van der Waals surface area contributed by atoms with E-state index in [0.29, 0.717) is 37.4 Å². The fraction of sp³-hybridized carbons (Fsp3) is 0.438. The summed E-state index contributed by atoms with van der Waals surface area (Å²) < 4.78 is 16.0. The zero-order valence-corrected chi connectivity index (χ0v) is 12.9. The maximum atomic E-state index is 14.2. The summed E-state index contributed by atoms with van der Waals surface area (Å²) >= 11 is 0. The van der Waals surface area contributed by atoms with E-state index in [0.717, 1.165) is 6.42 Å². The molecule has 0 bridgehead atoms. The van der Waals surface area contributed by atoms with Crippen LogP contribution in [0.15, 0.2) is 24.5 Å². The molecule has 1 aromatic heterocycles. The lowest BCUT2D eigenvalue weighted by molar-refractivity contribution is 0.0237. The summed E-state index contributed by atoms with van der Waals surface area (Å²) in [6.07, 6.45) is 3.36. The molecule has 0 saturated carbocycles. The van der Waals surface area contributed by atoms with E-state index in [-0.39, 0.29) is 5.56 Å². The van der Waals surface area contributed by atoms with Crippen LogP contribution < -0.4 is 4.90 Å². The number of nitriles is 1. The fourth-order valence-corrected chi connectivity index (χ4v) is 3.06. The number of rotatable bonds is 3. The van der Waals surface area contributed by atoms with Gasteiger partial charge in [-0.3, -0.25) is 0 Å². The molecule has 0 spiro atoms. The van der Waals surface area contributed by atoms with E-state index >= 15 is 0 Å². The van der Waals surface area contributed by atoms with Crippen molar-refractivity contribution in [2.75, 3.05) is 18.0 Å². The van der Waals surface area contributed by atoms with Gasteiger partial charge in [-0.15, -0.1) is 10.2 Å². The maximum Gasteiger partial charge on any atom is 0.147 e. The second-order valence-electron chi connectivity index (χ2n) is 6.06. The first kappa shape index (κ1) is 15.4. The monoisotopic (exact) mass is 315 g/mol. The average molecular weight is 315 g/mol. The molecule has 23 heavy (non-hydrogen) atoms. The van der Waals surface area contributed by atoms with Crippen LogP contribution >= 0.6 is 0 Å². The predicted molar refractivity (Wildman–Crippen MR) is 82.2 cm³/mol. The summed E-state index contributed by atoms with van der Waals surface area (Å²) in [4.78, 5) is 1.83. The molecule has 1 aliphatic rings. The third-order valence-electron chi connectivity index (χ3n) is 4.27. The third kappa shape index (κ3) is 3.17. The Labute approximate surface area is 133 Å². The highest BCUT2D eigenvalue weighted by atomic mass is 19.1. The van der Waals surface area contributed by atoms with Crippen molar-refractivity contribution in [1.82, 2.24) is 14.8 Å². The van der Waals surface area contributed by atoms with Crippen LogP contribution in [0.1, 0.15) is 24.2 Å². The summed E-state index contributed by atoms with van der Waals surface area (Å²) in [5.74, 6) is 0.265. The smallest absolute Gasteiger partial charge is 0.147 e. The van der Waals surface area contributed by atoms with E-state index < -0.39 is 11.4 Å². The lowest BCUT2D eigenvalue weighted by atomic mass is 9.89. The van der Waals surface area contributed by atoms with Gasteiger partial charge in [0, 0.05) is 26.6 Å². The number of anilines is 1. The number of halogens is 1. The molecule has 3 rings (SSSR count). The van der Waals surface area contributed by atoms with E-state index in [1.807, 2.05) is 18.0 Å². The van der Waals surface area contributed by atoms with Crippen molar-refractivity contribution in [3.8, 4) is 6.07 Å². The van der Waals surface area contributed by atoms with Crippen molar-refractivity contribution < 1.29 is 9.50 Å². The van der Waals surface area contributed by atoms with Crippen molar-refractivity contribution in [1.29, 1.82) is 5.26 Å². The number of benzene rings is 1. The van der Waals surface area contributed by atoms with Crippen LogP contribution in [0.25, 0.3) is 0 Å². The zero-order chi connectivity index (χ0) is 16.4. The Morgan fingerprint density at radius 1 is 1.48 bits per heavy atom. The molecule has 1 aromatic carbocycles. The molecule has 1 N–H and O–H groups in total. The largest absolute Gasteiger partial charge is 0.388 e. The Balaban J connectivity index is 1.80. The van der Waals surface area contributed by atoms with Crippen LogP contribution in [0.3, 0.4) is 0 Å². The minimum absolute atomic E-state index is 0.289. The first-order valence-corrected chi connectivity index (χ1v) is 7.51.